The Balaban J connectivity index is 4.77. The van der Waals surface area contributed by atoms with E-state index in [0.717, 1.165) is 11.5 Å². The molecule has 0 radical (unpaired) electrons. The summed E-state index contributed by atoms with van der Waals surface area (Å²) in [6.45, 7) is 17.8. The summed E-state index contributed by atoms with van der Waals surface area (Å²) in [6.07, 6.45) is 0. The van der Waals surface area contributed by atoms with Crippen LogP contribution < -0.4 is 0 Å². The molecule has 0 amide bonds. The predicted octanol–water partition coefficient (Wildman–Crippen LogP) is 4.30. The summed E-state index contributed by atoms with van der Waals surface area (Å²) in [6, 6.07) is 0. The van der Waals surface area contributed by atoms with Gasteiger partial charge in [-0.1, -0.05) is 20.8 Å². The molecule has 0 atom stereocenters. The highest BCUT2D eigenvalue weighted by molar-refractivity contribution is 6.74. The molecule has 0 aromatic carbocycles. The summed E-state index contributed by atoms with van der Waals surface area (Å²) in [7, 11) is -1.75. The fourth-order valence-electron chi connectivity index (χ4n) is 0.792. The van der Waals surface area contributed by atoms with E-state index in [9.17, 15) is 0 Å². The van der Waals surface area contributed by atoms with E-state index >= 15 is 0 Å². The highest BCUT2D eigenvalue weighted by Crippen LogP contribution is 2.38. The van der Waals surface area contributed by atoms with E-state index in [-0.39, 0.29) is 5.04 Å². The van der Waals surface area contributed by atoms with Gasteiger partial charge < -0.3 is 9.16 Å². The molecule has 0 aliphatic heterocycles. The highest BCUT2D eigenvalue weighted by atomic mass is 28.4. The van der Waals surface area contributed by atoms with E-state index in [0.29, 0.717) is 6.61 Å². The number of allylic oxidation sites excluding steroid dienone is 1. The lowest BCUT2D eigenvalue weighted by Crippen LogP contribution is -2.40. The Morgan fingerprint density at radius 1 is 1.13 bits per heavy atom. The Morgan fingerprint density at radius 3 is 1.87 bits per heavy atom. The predicted molar refractivity (Wildman–Crippen MR) is 68.3 cm³/mol. The monoisotopic (exact) mass is 230 g/mol. The quantitative estimate of drug-likeness (QED) is 0.529. The van der Waals surface area contributed by atoms with Crippen molar-refractivity contribution in [2.24, 2.45) is 0 Å². The molecular weight excluding hydrogens is 204 g/mol. The first-order chi connectivity index (χ1) is 6.62. The topological polar surface area (TPSA) is 18.5 Å². The first-order valence-electron chi connectivity index (χ1n) is 5.61. The van der Waals surface area contributed by atoms with Gasteiger partial charge in [0.15, 0.2) is 0 Å². The Bertz CT molecular complexity index is 232. The number of hydrogen-bond acceptors (Lipinski definition) is 2. The van der Waals surface area contributed by atoms with Crippen molar-refractivity contribution in [3.8, 4) is 0 Å². The van der Waals surface area contributed by atoms with E-state index in [2.05, 4.69) is 33.9 Å². The van der Waals surface area contributed by atoms with Gasteiger partial charge in [-0.25, -0.2) is 0 Å². The van der Waals surface area contributed by atoms with Gasteiger partial charge in [-0.05, 0) is 38.9 Å². The van der Waals surface area contributed by atoms with Crippen LogP contribution >= 0.6 is 0 Å². The van der Waals surface area contributed by atoms with Crippen molar-refractivity contribution in [2.75, 3.05) is 6.61 Å². The summed E-state index contributed by atoms with van der Waals surface area (Å²) in [5.74, 6) is 0.726. The van der Waals surface area contributed by atoms with E-state index in [1.807, 2.05) is 20.8 Å². The highest BCUT2D eigenvalue weighted by Gasteiger charge is 2.40. The zero-order valence-corrected chi connectivity index (χ0v) is 12.5. The molecule has 90 valence electrons. The van der Waals surface area contributed by atoms with Crippen LogP contribution in [0.2, 0.25) is 18.1 Å². The normalized spacial score (nSPS) is 12.3. The van der Waals surface area contributed by atoms with Gasteiger partial charge in [0.1, 0.15) is 0 Å². The molecule has 0 aromatic heterocycles. The maximum Gasteiger partial charge on any atom is 0.263 e. The smallest absolute Gasteiger partial charge is 0.263 e. The zero-order chi connectivity index (χ0) is 12.3. The minimum atomic E-state index is -1.75. The van der Waals surface area contributed by atoms with Gasteiger partial charge in [-0.15, -0.1) is 0 Å². The molecular formula is C12H26O2Si. The molecule has 0 saturated heterocycles. The minimum Gasteiger partial charge on any atom is -0.519 e. The van der Waals surface area contributed by atoms with Crippen molar-refractivity contribution in [1.82, 2.24) is 0 Å². The first kappa shape index (κ1) is 14.6. The SMILES string of the molecule is CCOC(O[Si](C)(C)C(C)(C)C)=C(C)C. The molecule has 0 bridgehead atoms. The van der Waals surface area contributed by atoms with Crippen LogP contribution in [0.15, 0.2) is 11.5 Å². The molecule has 0 spiro atoms. The van der Waals surface area contributed by atoms with Gasteiger partial charge in [0, 0.05) is 5.57 Å². The second kappa shape index (κ2) is 5.06. The van der Waals surface area contributed by atoms with Crippen LogP contribution in [0, 0.1) is 0 Å². The molecule has 2 nitrogen and oxygen atoms in total. The summed E-state index contributed by atoms with van der Waals surface area (Å²) in [4.78, 5) is 0. The van der Waals surface area contributed by atoms with Gasteiger partial charge in [0.25, 0.3) is 14.3 Å². The van der Waals surface area contributed by atoms with Crippen molar-refractivity contribution >= 4 is 8.32 Å². The largest absolute Gasteiger partial charge is 0.519 e. The molecule has 0 aliphatic rings. The summed E-state index contributed by atoms with van der Waals surface area (Å²) >= 11 is 0. The first-order valence-corrected chi connectivity index (χ1v) is 8.52. The van der Waals surface area contributed by atoms with Crippen LogP contribution in [-0.4, -0.2) is 14.9 Å². The second-order valence-electron chi connectivity index (χ2n) is 5.58. The van der Waals surface area contributed by atoms with Crippen LogP contribution in [-0.2, 0) is 9.16 Å². The Kier molecular flexibility index (Phi) is 4.91. The van der Waals surface area contributed by atoms with E-state index in [1.54, 1.807) is 0 Å². The Morgan fingerprint density at radius 2 is 1.60 bits per heavy atom. The van der Waals surface area contributed by atoms with Gasteiger partial charge >= 0.3 is 0 Å². The van der Waals surface area contributed by atoms with Gasteiger partial charge in [0.2, 0.25) is 0 Å². The molecule has 0 N–H and O–H groups in total. The summed E-state index contributed by atoms with van der Waals surface area (Å²) in [5.41, 5.74) is 1.11. The molecule has 0 rings (SSSR count). The molecule has 0 heterocycles. The zero-order valence-electron chi connectivity index (χ0n) is 11.5. The standard InChI is InChI=1S/C12H26O2Si/c1-9-13-11(10(2)3)14-15(7,8)12(4,5)6/h9H2,1-8H3. The average Bonchev–Trinajstić information content (AvgIpc) is 2.00. The number of hydrogen-bond donors (Lipinski definition) is 0. The maximum atomic E-state index is 6.10. The van der Waals surface area contributed by atoms with Gasteiger partial charge in [-0.3, -0.25) is 0 Å². The maximum absolute atomic E-state index is 6.10. The average molecular weight is 230 g/mol. The van der Waals surface area contributed by atoms with Crippen LogP contribution in [0.4, 0.5) is 0 Å². The number of rotatable bonds is 4. The molecule has 0 saturated carbocycles. The van der Waals surface area contributed by atoms with Crippen molar-refractivity contribution < 1.29 is 9.16 Å². The second-order valence-corrected chi connectivity index (χ2v) is 10.3. The number of ether oxygens (including phenoxy) is 1. The van der Waals surface area contributed by atoms with Gasteiger partial charge in [-0.2, -0.15) is 0 Å². The molecule has 0 unspecified atom stereocenters. The fourth-order valence-corrected chi connectivity index (χ4v) is 1.82. The van der Waals surface area contributed by atoms with Crippen molar-refractivity contribution in [3.63, 3.8) is 0 Å². The lowest BCUT2D eigenvalue weighted by Gasteiger charge is -2.37. The molecule has 3 heteroatoms. The third-order valence-corrected chi connectivity index (χ3v) is 7.15. The fraction of sp³-hybridized carbons (Fsp3) is 0.833. The Hall–Kier alpha value is -0.443. The molecule has 0 aromatic rings. The van der Waals surface area contributed by atoms with Crippen LogP contribution in [0.1, 0.15) is 41.5 Å². The van der Waals surface area contributed by atoms with E-state index < -0.39 is 8.32 Å². The Labute approximate surface area is 95.8 Å². The van der Waals surface area contributed by atoms with Gasteiger partial charge in [0.05, 0.1) is 6.61 Å². The lowest BCUT2D eigenvalue weighted by atomic mass is 10.2. The van der Waals surface area contributed by atoms with Crippen molar-refractivity contribution in [2.45, 2.75) is 59.7 Å². The van der Waals surface area contributed by atoms with Crippen LogP contribution in [0.25, 0.3) is 0 Å². The van der Waals surface area contributed by atoms with Crippen LogP contribution in [0.3, 0.4) is 0 Å². The summed E-state index contributed by atoms with van der Waals surface area (Å²) in [5, 5.41) is 0.213. The van der Waals surface area contributed by atoms with Crippen LogP contribution in [0.5, 0.6) is 0 Å². The molecule has 15 heavy (non-hydrogen) atoms. The minimum absolute atomic E-state index is 0.213. The third-order valence-electron chi connectivity index (χ3n) is 2.84. The third kappa shape index (κ3) is 4.28. The lowest BCUT2D eigenvalue weighted by molar-refractivity contribution is 0.103. The van der Waals surface area contributed by atoms with E-state index in [4.69, 9.17) is 9.16 Å². The van der Waals surface area contributed by atoms with Crippen molar-refractivity contribution in [3.05, 3.63) is 11.5 Å². The van der Waals surface area contributed by atoms with E-state index in [1.165, 1.54) is 0 Å². The molecule has 0 aliphatic carbocycles. The van der Waals surface area contributed by atoms with Crippen molar-refractivity contribution in [1.29, 1.82) is 0 Å². The molecule has 0 fully saturated rings. The summed E-state index contributed by atoms with van der Waals surface area (Å²) < 4.78 is 11.6.